The molecule has 0 heterocycles. The average Bonchev–Trinajstić information content (AvgIpc) is 3.02. The first-order valence-corrected chi connectivity index (χ1v) is 9.62. The number of hydrogen-bond acceptors (Lipinski definition) is 1. The van der Waals surface area contributed by atoms with E-state index in [9.17, 15) is 0 Å². The van der Waals surface area contributed by atoms with E-state index in [0.29, 0.717) is 0 Å². The molecule has 2 aliphatic carbocycles. The Labute approximate surface area is 160 Å². The summed E-state index contributed by atoms with van der Waals surface area (Å²) in [5.41, 5.74) is 7.96. The Bertz CT molecular complexity index is 987. The molecule has 126 valence electrons. The third-order valence-corrected chi connectivity index (χ3v) is 6.12. The van der Waals surface area contributed by atoms with Crippen LogP contribution in [0.1, 0.15) is 35.1 Å². The highest BCUT2D eigenvalue weighted by Gasteiger charge is 2.48. The molecule has 0 radical (unpaired) electrons. The minimum Gasteiger partial charge on any atom is -0.143 e. The van der Waals surface area contributed by atoms with Crippen molar-refractivity contribution in [1.29, 1.82) is 0 Å². The van der Waals surface area contributed by atoms with Gasteiger partial charge in [0.25, 0.3) is 0 Å². The molecule has 0 nitrogen and oxygen atoms in total. The van der Waals surface area contributed by atoms with Crippen LogP contribution in [0.3, 0.4) is 0 Å². The highest BCUT2D eigenvalue weighted by atomic mass is 32.1. The molecule has 26 heavy (non-hydrogen) atoms. The van der Waals surface area contributed by atoms with E-state index in [0.717, 1.165) is 17.7 Å². The number of thiol groups is 1. The van der Waals surface area contributed by atoms with Gasteiger partial charge in [0, 0.05) is 4.90 Å². The van der Waals surface area contributed by atoms with E-state index in [4.69, 9.17) is 12.6 Å². The number of rotatable bonds is 2. The van der Waals surface area contributed by atoms with Crippen LogP contribution < -0.4 is 0 Å². The van der Waals surface area contributed by atoms with Gasteiger partial charge in [-0.2, -0.15) is 0 Å². The molecule has 0 amide bonds. The predicted molar refractivity (Wildman–Crippen MR) is 112 cm³/mol. The summed E-state index contributed by atoms with van der Waals surface area (Å²) in [5.74, 6) is 0. The summed E-state index contributed by atoms with van der Waals surface area (Å²) in [6.07, 6.45) is 6.80. The van der Waals surface area contributed by atoms with Crippen molar-refractivity contribution in [2.45, 2.75) is 23.2 Å². The average molecular weight is 353 g/mol. The molecular weight excluding hydrogens is 332 g/mol. The smallest absolute Gasteiger partial charge is 0.0687 e. The molecule has 2 aliphatic rings. The lowest BCUT2D eigenvalue weighted by molar-refractivity contribution is 0.685. The second kappa shape index (κ2) is 6.03. The Morgan fingerprint density at radius 3 is 2.04 bits per heavy atom. The second-order valence-electron chi connectivity index (χ2n) is 7.02. The molecular formula is C25H20S. The van der Waals surface area contributed by atoms with Crippen LogP contribution in [0.25, 0.3) is 5.57 Å². The summed E-state index contributed by atoms with van der Waals surface area (Å²) >= 11 is 4.93. The van der Waals surface area contributed by atoms with Crippen LogP contribution in [0.4, 0.5) is 0 Å². The molecule has 0 aromatic heterocycles. The van der Waals surface area contributed by atoms with Gasteiger partial charge in [-0.3, -0.25) is 0 Å². The summed E-state index contributed by atoms with van der Waals surface area (Å²) in [7, 11) is 0. The SMILES string of the molecule is Sc1cccc2c1C(c1ccccc1)(c1ccccc1)C1=C2C=CCC1. The summed E-state index contributed by atoms with van der Waals surface area (Å²) in [6.45, 7) is 0. The largest absolute Gasteiger partial charge is 0.143 e. The van der Waals surface area contributed by atoms with E-state index < -0.39 is 0 Å². The summed E-state index contributed by atoms with van der Waals surface area (Å²) < 4.78 is 0. The van der Waals surface area contributed by atoms with Gasteiger partial charge in [-0.15, -0.1) is 12.6 Å². The lowest BCUT2D eigenvalue weighted by Crippen LogP contribution is -2.30. The van der Waals surface area contributed by atoms with Crippen LogP contribution in [-0.4, -0.2) is 0 Å². The maximum absolute atomic E-state index is 4.93. The first kappa shape index (κ1) is 15.7. The van der Waals surface area contributed by atoms with E-state index in [-0.39, 0.29) is 5.41 Å². The van der Waals surface area contributed by atoms with Crippen molar-refractivity contribution >= 4 is 18.2 Å². The van der Waals surface area contributed by atoms with Crippen molar-refractivity contribution in [3.05, 3.63) is 119 Å². The van der Waals surface area contributed by atoms with Crippen molar-refractivity contribution in [1.82, 2.24) is 0 Å². The molecule has 0 aliphatic heterocycles. The first-order valence-electron chi connectivity index (χ1n) is 9.17. The molecule has 0 saturated carbocycles. The van der Waals surface area contributed by atoms with Gasteiger partial charge in [0.15, 0.2) is 0 Å². The van der Waals surface area contributed by atoms with Gasteiger partial charge < -0.3 is 0 Å². The van der Waals surface area contributed by atoms with Crippen molar-refractivity contribution in [3.63, 3.8) is 0 Å². The fourth-order valence-electron chi connectivity index (χ4n) is 4.80. The Hall–Kier alpha value is -2.51. The monoisotopic (exact) mass is 352 g/mol. The van der Waals surface area contributed by atoms with E-state index in [2.05, 4.69) is 91.0 Å². The number of benzene rings is 3. The van der Waals surface area contributed by atoms with Gasteiger partial charge in [-0.1, -0.05) is 84.9 Å². The lowest BCUT2D eigenvalue weighted by Gasteiger charge is -2.37. The number of hydrogen-bond donors (Lipinski definition) is 1. The predicted octanol–water partition coefficient (Wildman–Crippen LogP) is 6.43. The molecule has 0 unspecified atom stereocenters. The molecule has 5 rings (SSSR count). The fourth-order valence-corrected chi connectivity index (χ4v) is 5.17. The zero-order valence-electron chi connectivity index (χ0n) is 14.5. The van der Waals surface area contributed by atoms with Crippen LogP contribution in [-0.2, 0) is 5.41 Å². The van der Waals surface area contributed by atoms with E-state index >= 15 is 0 Å². The van der Waals surface area contributed by atoms with Gasteiger partial charge >= 0.3 is 0 Å². The van der Waals surface area contributed by atoms with Crippen molar-refractivity contribution in [2.75, 3.05) is 0 Å². The number of fused-ring (bicyclic) bond motifs is 2. The highest BCUT2D eigenvalue weighted by Crippen LogP contribution is 2.58. The topological polar surface area (TPSA) is 0 Å². The van der Waals surface area contributed by atoms with E-state index in [1.54, 1.807) is 0 Å². The van der Waals surface area contributed by atoms with Gasteiger partial charge in [0.05, 0.1) is 5.41 Å². The summed E-state index contributed by atoms with van der Waals surface area (Å²) in [5, 5.41) is 0. The first-order chi connectivity index (χ1) is 12.8. The third kappa shape index (κ3) is 2.04. The van der Waals surface area contributed by atoms with Gasteiger partial charge in [-0.05, 0) is 52.3 Å². The quantitative estimate of drug-likeness (QED) is 0.505. The molecule has 0 atom stereocenters. The van der Waals surface area contributed by atoms with Crippen LogP contribution in [0, 0.1) is 0 Å². The Balaban J connectivity index is 1.97. The van der Waals surface area contributed by atoms with Crippen LogP contribution in [0.15, 0.2) is 101 Å². The zero-order chi connectivity index (χ0) is 17.6. The Morgan fingerprint density at radius 2 is 1.38 bits per heavy atom. The van der Waals surface area contributed by atoms with E-state index in [1.807, 2.05) is 0 Å². The third-order valence-electron chi connectivity index (χ3n) is 5.74. The van der Waals surface area contributed by atoms with Crippen LogP contribution >= 0.6 is 12.6 Å². The van der Waals surface area contributed by atoms with Crippen molar-refractivity contribution in [2.24, 2.45) is 0 Å². The van der Waals surface area contributed by atoms with Crippen LogP contribution in [0.5, 0.6) is 0 Å². The molecule has 0 saturated heterocycles. The van der Waals surface area contributed by atoms with Crippen molar-refractivity contribution < 1.29 is 0 Å². The Kier molecular flexibility index (Phi) is 3.65. The van der Waals surface area contributed by atoms with Gasteiger partial charge in [0.2, 0.25) is 0 Å². The number of allylic oxidation sites excluding steroid dienone is 4. The summed E-state index contributed by atoms with van der Waals surface area (Å²) in [6, 6.07) is 28.4. The fraction of sp³-hybridized carbons (Fsp3) is 0.120. The maximum atomic E-state index is 4.93. The van der Waals surface area contributed by atoms with Gasteiger partial charge in [-0.25, -0.2) is 0 Å². The minimum atomic E-state index is -0.254. The Morgan fingerprint density at radius 1 is 0.731 bits per heavy atom. The van der Waals surface area contributed by atoms with Gasteiger partial charge in [0.1, 0.15) is 0 Å². The molecule has 0 bridgehead atoms. The molecule has 1 heteroatoms. The standard InChI is InChI=1S/C25H20S/c26-23-17-9-15-21-20-14-7-8-16-22(20)25(24(21)23,18-10-3-1-4-11-18)19-12-5-2-6-13-19/h1-7,9-15,17,26H,8,16H2. The maximum Gasteiger partial charge on any atom is 0.0687 e. The van der Waals surface area contributed by atoms with Crippen LogP contribution in [0.2, 0.25) is 0 Å². The van der Waals surface area contributed by atoms with E-state index in [1.165, 1.54) is 33.4 Å². The molecule has 3 aromatic carbocycles. The highest BCUT2D eigenvalue weighted by molar-refractivity contribution is 7.80. The normalized spacial score (nSPS) is 17.1. The zero-order valence-corrected chi connectivity index (χ0v) is 15.4. The lowest BCUT2D eigenvalue weighted by atomic mass is 9.65. The molecule has 0 fully saturated rings. The second-order valence-corrected chi connectivity index (χ2v) is 7.50. The molecule has 0 spiro atoms. The molecule has 3 aromatic rings. The summed E-state index contributed by atoms with van der Waals surface area (Å²) in [4.78, 5) is 1.07. The van der Waals surface area contributed by atoms with Crippen molar-refractivity contribution in [3.8, 4) is 0 Å². The molecule has 0 N–H and O–H groups in total. The minimum absolute atomic E-state index is 0.254.